The molecule has 0 aliphatic carbocycles. The van der Waals surface area contributed by atoms with Crippen LogP contribution in [0.4, 0.5) is 0 Å². The van der Waals surface area contributed by atoms with E-state index >= 15 is 0 Å². The van der Waals surface area contributed by atoms with E-state index < -0.39 is 6.10 Å². The van der Waals surface area contributed by atoms with E-state index in [1.54, 1.807) is 10.9 Å². The van der Waals surface area contributed by atoms with Gasteiger partial charge in [-0.2, -0.15) is 5.10 Å². The average molecular weight is 168 g/mol. The summed E-state index contributed by atoms with van der Waals surface area (Å²) in [6, 6.07) is -0.00120. The van der Waals surface area contributed by atoms with Crippen molar-refractivity contribution in [3.8, 4) is 0 Å². The molecule has 0 radical (unpaired) electrons. The quantitative estimate of drug-likeness (QED) is 0.648. The highest BCUT2D eigenvalue weighted by Gasteiger charge is 2.27. The largest absolute Gasteiger partial charge is 0.388 e. The molecule has 0 saturated carbocycles. The van der Waals surface area contributed by atoms with Gasteiger partial charge in [0.05, 0.1) is 19.4 Å². The van der Waals surface area contributed by atoms with Crippen LogP contribution in [0.15, 0.2) is 12.4 Å². The predicted molar refractivity (Wildman–Crippen MR) is 42.8 cm³/mol. The molecule has 1 aliphatic heterocycles. The minimum Gasteiger partial charge on any atom is -0.388 e. The molecule has 4 nitrogen and oxygen atoms in total. The molecule has 1 fully saturated rings. The molecule has 0 spiro atoms. The number of rotatable bonds is 1. The third-order valence-corrected chi connectivity index (χ3v) is 2.09. The molecule has 0 amide bonds. The molecule has 1 saturated heterocycles. The lowest BCUT2D eigenvalue weighted by molar-refractivity contribution is 0.118. The van der Waals surface area contributed by atoms with E-state index in [0.717, 1.165) is 5.56 Å². The lowest BCUT2D eigenvalue weighted by Gasteiger charge is -2.11. The van der Waals surface area contributed by atoms with Crippen molar-refractivity contribution in [2.75, 3.05) is 13.2 Å². The molecular formula is C8H12N2O2. The molecule has 12 heavy (non-hydrogen) atoms. The van der Waals surface area contributed by atoms with Crippen LogP contribution in [0, 0.1) is 6.92 Å². The van der Waals surface area contributed by atoms with Crippen molar-refractivity contribution in [2.24, 2.45) is 0 Å². The lowest BCUT2D eigenvalue weighted by atomic mass is 10.2. The van der Waals surface area contributed by atoms with Gasteiger partial charge in [-0.05, 0) is 12.5 Å². The highest BCUT2D eigenvalue weighted by Crippen LogP contribution is 2.18. The third-order valence-electron chi connectivity index (χ3n) is 2.09. The van der Waals surface area contributed by atoms with Gasteiger partial charge in [0.2, 0.25) is 0 Å². The molecule has 0 aromatic carbocycles. The van der Waals surface area contributed by atoms with E-state index in [0.29, 0.717) is 13.2 Å². The molecule has 66 valence electrons. The zero-order chi connectivity index (χ0) is 8.55. The van der Waals surface area contributed by atoms with Gasteiger partial charge < -0.3 is 9.84 Å². The Morgan fingerprint density at radius 2 is 2.50 bits per heavy atom. The van der Waals surface area contributed by atoms with Gasteiger partial charge in [-0.15, -0.1) is 0 Å². The Morgan fingerprint density at radius 3 is 3.00 bits per heavy atom. The van der Waals surface area contributed by atoms with Crippen molar-refractivity contribution >= 4 is 0 Å². The summed E-state index contributed by atoms with van der Waals surface area (Å²) in [5.74, 6) is 0. The number of hydrogen-bond donors (Lipinski definition) is 1. The SMILES string of the molecule is Cc1cnn(C2COCC2O)c1. The maximum absolute atomic E-state index is 9.47. The van der Waals surface area contributed by atoms with E-state index in [-0.39, 0.29) is 6.04 Å². The summed E-state index contributed by atoms with van der Waals surface area (Å²) in [4.78, 5) is 0. The molecule has 2 unspecified atom stereocenters. The first-order chi connectivity index (χ1) is 5.77. The topological polar surface area (TPSA) is 47.3 Å². The van der Waals surface area contributed by atoms with E-state index in [9.17, 15) is 5.11 Å². The number of ether oxygens (including phenoxy) is 1. The lowest BCUT2D eigenvalue weighted by Crippen LogP contribution is -2.22. The zero-order valence-corrected chi connectivity index (χ0v) is 6.97. The number of aromatic nitrogens is 2. The van der Waals surface area contributed by atoms with Gasteiger partial charge in [0.25, 0.3) is 0 Å². The fourth-order valence-corrected chi connectivity index (χ4v) is 1.40. The second-order valence-electron chi connectivity index (χ2n) is 3.17. The standard InChI is InChI=1S/C8H12N2O2/c1-6-2-9-10(3-6)7-4-12-5-8(7)11/h2-3,7-8,11H,4-5H2,1H3. The van der Waals surface area contributed by atoms with Crippen molar-refractivity contribution in [1.82, 2.24) is 9.78 Å². The van der Waals surface area contributed by atoms with Gasteiger partial charge in [-0.3, -0.25) is 4.68 Å². The zero-order valence-electron chi connectivity index (χ0n) is 6.97. The Hall–Kier alpha value is -0.870. The summed E-state index contributed by atoms with van der Waals surface area (Å²) in [5.41, 5.74) is 1.11. The Morgan fingerprint density at radius 1 is 1.67 bits per heavy atom. The van der Waals surface area contributed by atoms with Gasteiger partial charge in [0.1, 0.15) is 12.1 Å². The molecule has 2 heterocycles. The van der Waals surface area contributed by atoms with Crippen molar-refractivity contribution in [1.29, 1.82) is 0 Å². The Bertz CT molecular complexity index is 272. The Labute approximate surface area is 70.8 Å². The van der Waals surface area contributed by atoms with Crippen LogP contribution in [0.25, 0.3) is 0 Å². The van der Waals surface area contributed by atoms with Crippen LogP contribution in [-0.2, 0) is 4.74 Å². The monoisotopic (exact) mass is 168 g/mol. The van der Waals surface area contributed by atoms with E-state index in [1.165, 1.54) is 0 Å². The van der Waals surface area contributed by atoms with Gasteiger partial charge in [-0.25, -0.2) is 0 Å². The Kier molecular flexibility index (Phi) is 1.86. The molecule has 2 rings (SSSR count). The maximum Gasteiger partial charge on any atom is 0.103 e. The molecule has 1 N–H and O–H groups in total. The van der Waals surface area contributed by atoms with Gasteiger partial charge in [-0.1, -0.05) is 0 Å². The molecule has 2 atom stereocenters. The van der Waals surface area contributed by atoms with Crippen LogP contribution in [-0.4, -0.2) is 34.2 Å². The number of hydrogen-bond acceptors (Lipinski definition) is 3. The summed E-state index contributed by atoms with van der Waals surface area (Å²) in [6.07, 6.45) is 3.29. The highest BCUT2D eigenvalue weighted by atomic mass is 16.5. The highest BCUT2D eigenvalue weighted by molar-refractivity contribution is 5.01. The fourth-order valence-electron chi connectivity index (χ4n) is 1.40. The predicted octanol–water partition coefficient (Wildman–Crippen LogP) is 0.124. The van der Waals surface area contributed by atoms with Crippen LogP contribution >= 0.6 is 0 Å². The number of nitrogens with zero attached hydrogens (tertiary/aromatic N) is 2. The van der Waals surface area contributed by atoms with Crippen LogP contribution in [0.1, 0.15) is 11.6 Å². The summed E-state index contributed by atoms with van der Waals surface area (Å²) in [5, 5.41) is 13.6. The van der Waals surface area contributed by atoms with Crippen molar-refractivity contribution in [3.05, 3.63) is 18.0 Å². The molecule has 0 bridgehead atoms. The van der Waals surface area contributed by atoms with E-state index in [4.69, 9.17) is 4.74 Å². The first-order valence-electron chi connectivity index (χ1n) is 4.04. The molecule has 1 aliphatic rings. The van der Waals surface area contributed by atoms with Crippen molar-refractivity contribution in [2.45, 2.75) is 19.1 Å². The van der Waals surface area contributed by atoms with E-state index in [2.05, 4.69) is 5.10 Å². The second kappa shape index (κ2) is 2.88. The van der Waals surface area contributed by atoms with Gasteiger partial charge >= 0.3 is 0 Å². The molecule has 4 heteroatoms. The minimum absolute atomic E-state index is 0.00120. The summed E-state index contributed by atoms with van der Waals surface area (Å²) < 4.78 is 6.89. The summed E-state index contributed by atoms with van der Waals surface area (Å²) >= 11 is 0. The Balaban J connectivity index is 2.19. The number of aliphatic hydroxyl groups excluding tert-OH is 1. The van der Waals surface area contributed by atoms with Crippen LogP contribution in [0.5, 0.6) is 0 Å². The minimum atomic E-state index is -0.413. The van der Waals surface area contributed by atoms with Crippen LogP contribution in [0.2, 0.25) is 0 Å². The first kappa shape index (κ1) is 7.76. The second-order valence-corrected chi connectivity index (χ2v) is 3.17. The first-order valence-corrected chi connectivity index (χ1v) is 4.04. The van der Waals surface area contributed by atoms with Crippen molar-refractivity contribution in [3.63, 3.8) is 0 Å². The molecular weight excluding hydrogens is 156 g/mol. The smallest absolute Gasteiger partial charge is 0.103 e. The maximum atomic E-state index is 9.47. The summed E-state index contributed by atoms with van der Waals surface area (Å²) in [7, 11) is 0. The van der Waals surface area contributed by atoms with Crippen molar-refractivity contribution < 1.29 is 9.84 Å². The molecule has 1 aromatic heterocycles. The molecule has 1 aromatic rings. The van der Waals surface area contributed by atoms with Gasteiger partial charge in [0.15, 0.2) is 0 Å². The van der Waals surface area contributed by atoms with Crippen LogP contribution < -0.4 is 0 Å². The van der Waals surface area contributed by atoms with Crippen LogP contribution in [0.3, 0.4) is 0 Å². The van der Waals surface area contributed by atoms with Gasteiger partial charge in [0, 0.05) is 6.20 Å². The number of aryl methyl sites for hydroxylation is 1. The normalized spacial score (nSPS) is 29.5. The summed E-state index contributed by atoms with van der Waals surface area (Å²) in [6.45, 7) is 2.96. The average Bonchev–Trinajstić information content (AvgIpc) is 2.58. The number of aliphatic hydroxyl groups is 1. The third kappa shape index (κ3) is 1.23. The van der Waals surface area contributed by atoms with E-state index in [1.807, 2.05) is 13.1 Å². The fraction of sp³-hybridized carbons (Fsp3) is 0.625.